The van der Waals surface area contributed by atoms with E-state index in [0.29, 0.717) is 0 Å². The van der Waals surface area contributed by atoms with Gasteiger partial charge in [-0.1, -0.05) is 6.07 Å². The fraction of sp³-hybridized carbons (Fsp3) is 0.667. The van der Waals surface area contributed by atoms with Crippen LogP contribution in [0.3, 0.4) is 0 Å². The third-order valence-corrected chi connectivity index (χ3v) is 4.23. The van der Waals surface area contributed by atoms with Crippen LogP contribution in [0.1, 0.15) is 32.8 Å². The number of hydrogen-bond donors (Lipinski definition) is 1. The second-order valence-electron chi connectivity index (χ2n) is 6.08. The van der Waals surface area contributed by atoms with Gasteiger partial charge in [0.2, 0.25) is 0 Å². The SMILES string of the molecule is CC(C)(C)NCc1ccc(N2CCCSCC2)nc1. The van der Waals surface area contributed by atoms with Crippen LogP contribution in [0.2, 0.25) is 0 Å². The average Bonchev–Trinajstić information content (AvgIpc) is 2.65. The molecule has 4 heteroatoms. The highest BCUT2D eigenvalue weighted by molar-refractivity contribution is 7.99. The lowest BCUT2D eigenvalue weighted by Crippen LogP contribution is -2.35. The third kappa shape index (κ3) is 5.03. The Morgan fingerprint density at radius 1 is 1.26 bits per heavy atom. The first kappa shape index (κ1) is 14.7. The molecule has 0 amide bonds. The van der Waals surface area contributed by atoms with Crippen molar-refractivity contribution in [2.45, 2.75) is 39.3 Å². The van der Waals surface area contributed by atoms with Crippen molar-refractivity contribution in [3.63, 3.8) is 0 Å². The van der Waals surface area contributed by atoms with Gasteiger partial charge in [0.15, 0.2) is 0 Å². The highest BCUT2D eigenvalue weighted by Gasteiger charge is 2.12. The van der Waals surface area contributed by atoms with Crippen molar-refractivity contribution >= 4 is 17.6 Å². The Labute approximate surface area is 121 Å². The molecule has 1 saturated heterocycles. The number of nitrogens with zero attached hydrogens (tertiary/aromatic N) is 2. The molecule has 0 spiro atoms. The number of hydrogen-bond acceptors (Lipinski definition) is 4. The summed E-state index contributed by atoms with van der Waals surface area (Å²) in [5, 5.41) is 3.49. The quantitative estimate of drug-likeness (QED) is 0.921. The van der Waals surface area contributed by atoms with E-state index in [2.05, 4.69) is 48.1 Å². The van der Waals surface area contributed by atoms with Gasteiger partial charge >= 0.3 is 0 Å². The average molecular weight is 279 g/mol. The van der Waals surface area contributed by atoms with E-state index in [4.69, 9.17) is 0 Å². The summed E-state index contributed by atoms with van der Waals surface area (Å²) in [5.74, 6) is 3.63. The topological polar surface area (TPSA) is 28.2 Å². The summed E-state index contributed by atoms with van der Waals surface area (Å²) >= 11 is 2.05. The van der Waals surface area contributed by atoms with Gasteiger partial charge in [-0.25, -0.2) is 4.98 Å². The van der Waals surface area contributed by atoms with E-state index in [0.717, 1.165) is 25.5 Å². The van der Waals surface area contributed by atoms with Gasteiger partial charge in [0.05, 0.1) is 0 Å². The zero-order chi connectivity index (χ0) is 13.7. The van der Waals surface area contributed by atoms with Crippen molar-refractivity contribution in [2.24, 2.45) is 0 Å². The molecule has 1 aliphatic rings. The molecule has 1 aromatic rings. The van der Waals surface area contributed by atoms with Crippen LogP contribution in [0.25, 0.3) is 0 Å². The van der Waals surface area contributed by atoms with Gasteiger partial charge in [-0.3, -0.25) is 0 Å². The van der Waals surface area contributed by atoms with Gasteiger partial charge in [-0.05, 0) is 44.6 Å². The first-order valence-corrected chi connectivity index (χ1v) is 8.23. The van der Waals surface area contributed by atoms with E-state index in [9.17, 15) is 0 Å². The van der Waals surface area contributed by atoms with Crippen molar-refractivity contribution in [1.29, 1.82) is 0 Å². The van der Waals surface area contributed by atoms with Gasteiger partial charge in [-0.2, -0.15) is 11.8 Å². The van der Waals surface area contributed by atoms with E-state index in [1.165, 1.54) is 23.5 Å². The first-order chi connectivity index (χ1) is 9.04. The summed E-state index contributed by atoms with van der Waals surface area (Å²) < 4.78 is 0. The van der Waals surface area contributed by atoms with Crippen LogP contribution < -0.4 is 10.2 Å². The molecule has 0 aromatic carbocycles. The molecule has 3 nitrogen and oxygen atoms in total. The Bertz CT molecular complexity index is 375. The maximum atomic E-state index is 4.62. The number of rotatable bonds is 3. The summed E-state index contributed by atoms with van der Waals surface area (Å²) in [6, 6.07) is 4.36. The van der Waals surface area contributed by atoms with Crippen LogP contribution in [0.4, 0.5) is 5.82 Å². The molecule has 0 radical (unpaired) electrons. The van der Waals surface area contributed by atoms with Gasteiger partial charge < -0.3 is 10.2 Å². The second-order valence-corrected chi connectivity index (χ2v) is 7.31. The predicted molar refractivity (Wildman–Crippen MR) is 85.0 cm³/mol. The normalized spacial score (nSPS) is 17.3. The van der Waals surface area contributed by atoms with E-state index < -0.39 is 0 Å². The summed E-state index contributed by atoms with van der Waals surface area (Å²) in [6.45, 7) is 9.70. The lowest BCUT2D eigenvalue weighted by molar-refractivity contribution is 0.424. The highest BCUT2D eigenvalue weighted by Crippen LogP contribution is 2.17. The number of anilines is 1. The van der Waals surface area contributed by atoms with Gasteiger partial charge in [0.25, 0.3) is 0 Å². The van der Waals surface area contributed by atoms with Crippen molar-refractivity contribution in [3.8, 4) is 0 Å². The second kappa shape index (κ2) is 6.62. The minimum Gasteiger partial charge on any atom is -0.356 e. The van der Waals surface area contributed by atoms with Crippen molar-refractivity contribution < 1.29 is 0 Å². The molecule has 106 valence electrons. The summed E-state index contributed by atoms with van der Waals surface area (Å²) in [4.78, 5) is 7.03. The maximum Gasteiger partial charge on any atom is 0.128 e. The van der Waals surface area contributed by atoms with E-state index in [-0.39, 0.29) is 5.54 Å². The van der Waals surface area contributed by atoms with Crippen LogP contribution in [-0.2, 0) is 6.54 Å². The summed E-state index contributed by atoms with van der Waals surface area (Å²) in [7, 11) is 0. The molecule has 0 unspecified atom stereocenters. The minimum absolute atomic E-state index is 0.153. The van der Waals surface area contributed by atoms with Crippen LogP contribution in [0.5, 0.6) is 0 Å². The van der Waals surface area contributed by atoms with Crippen LogP contribution >= 0.6 is 11.8 Å². The molecule has 0 aliphatic carbocycles. The van der Waals surface area contributed by atoms with E-state index in [1.54, 1.807) is 0 Å². The van der Waals surface area contributed by atoms with E-state index >= 15 is 0 Å². The van der Waals surface area contributed by atoms with Gasteiger partial charge in [0, 0.05) is 37.1 Å². The standard InChI is InChI=1S/C15H25N3S/c1-15(2,3)17-12-13-5-6-14(16-11-13)18-7-4-9-19-10-8-18/h5-6,11,17H,4,7-10,12H2,1-3H3. The smallest absolute Gasteiger partial charge is 0.128 e. The molecule has 1 aromatic heterocycles. The first-order valence-electron chi connectivity index (χ1n) is 7.07. The zero-order valence-corrected chi connectivity index (χ0v) is 13.1. The Balaban J connectivity index is 1.93. The molecule has 0 bridgehead atoms. The van der Waals surface area contributed by atoms with E-state index in [1.807, 2.05) is 18.0 Å². The number of aromatic nitrogens is 1. The van der Waals surface area contributed by atoms with Crippen molar-refractivity contribution in [2.75, 3.05) is 29.5 Å². The molecule has 1 fully saturated rings. The Morgan fingerprint density at radius 2 is 2.11 bits per heavy atom. The number of pyridine rings is 1. The Hall–Kier alpha value is -0.740. The molecule has 19 heavy (non-hydrogen) atoms. The molecule has 0 saturated carbocycles. The van der Waals surface area contributed by atoms with Crippen LogP contribution in [-0.4, -0.2) is 35.1 Å². The van der Waals surface area contributed by atoms with Crippen molar-refractivity contribution in [3.05, 3.63) is 23.9 Å². The minimum atomic E-state index is 0.153. The number of nitrogens with one attached hydrogen (secondary N) is 1. The summed E-state index contributed by atoms with van der Waals surface area (Å²) in [6.07, 6.45) is 3.27. The molecule has 2 rings (SSSR count). The maximum absolute atomic E-state index is 4.62. The monoisotopic (exact) mass is 279 g/mol. The lowest BCUT2D eigenvalue weighted by Gasteiger charge is -2.22. The van der Waals surface area contributed by atoms with Crippen molar-refractivity contribution in [1.82, 2.24) is 10.3 Å². The van der Waals surface area contributed by atoms with Gasteiger partial charge in [-0.15, -0.1) is 0 Å². The number of thioether (sulfide) groups is 1. The Morgan fingerprint density at radius 3 is 2.79 bits per heavy atom. The largest absolute Gasteiger partial charge is 0.356 e. The third-order valence-electron chi connectivity index (χ3n) is 3.18. The molecule has 0 atom stereocenters. The summed E-state index contributed by atoms with van der Waals surface area (Å²) in [5.41, 5.74) is 1.41. The molecule has 1 aliphatic heterocycles. The van der Waals surface area contributed by atoms with Gasteiger partial charge in [0.1, 0.15) is 5.82 Å². The zero-order valence-electron chi connectivity index (χ0n) is 12.3. The predicted octanol–water partition coefficient (Wildman–Crippen LogP) is 2.91. The Kier molecular flexibility index (Phi) is 5.11. The fourth-order valence-electron chi connectivity index (χ4n) is 2.05. The lowest BCUT2D eigenvalue weighted by atomic mass is 10.1. The molecular formula is C15H25N3S. The molecule has 1 N–H and O–H groups in total. The van der Waals surface area contributed by atoms with Crippen LogP contribution in [0, 0.1) is 0 Å². The fourth-order valence-corrected chi connectivity index (χ4v) is 2.94. The highest BCUT2D eigenvalue weighted by atomic mass is 32.2. The molecular weight excluding hydrogens is 254 g/mol. The van der Waals surface area contributed by atoms with Crippen LogP contribution in [0.15, 0.2) is 18.3 Å². The molecule has 2 heterocycles.